The van der Waals surface area contributed by atoms with Crippen LogP contribution >= 0.6 is 0 Å². The highest BCUT2D eigenvalue weighted by atomic mass is 32.2. The van der Waals surface area contributed by atoms with Crippen LogP contribution in [0, 0.1) is 0 Å². The highest BCUT2D eigenvalue weighted by Gasteiger charge is 2.33. The number of ether oxygens (including phenoxy) is 2. The van der Waals surface area contributed by atoms with Crippen LogP contribution in [0.5, 0.6) is 11.5 Å². The maximum absolute atomic E-state index is 12.2. The molecule has 2 rings (SSSR count). The molecule has 1 aromatic carbocycles. The summed E-state index contributed by atoms with van der Waals surface area (Å²) in [6.07, 6.45) is 0.0449. The molecule has 0 aromatic heterocycles. The van der Waals surface area contributed by atoms with E-state index in [9.17, 15) is 18.0 Å². The molecule has 0 saturated carbocycles. The minimum atomic E-state index is -3.09. The van der Waals surface area contributed by atoms with Crippen molar-refractivity contribution < 1.29 is 27.5 Å². The van der Waals surface area contributed by atoms with Crippen molar-refractivity contribution in [1.82, 2.24) is 4.90 Å². The van der Waals surface area contributed by atoms with Gasteiger partial charge >= 0.3 is 0 Å². The predicted octanol–water partition coefficient (Wildman–Crippen LogP) is 0.678. The summed E-state index contributed by atoms with van der Waals surface area (Å²) >= 11 is 0. The Kier molecular flexibility index (Phi) is 5.89. The first kappa shape index (κ1) is 19.0. The summed E-state index contributed by atoms with van der Waals surface area (Å²) in [4.78, 5) is 25.6. The van der Waals surface area contributed by atoms with Crippen molar-refractivity contribution in [1.29, 1.82) is 0 Å². The number of carbonyl (C=O) groups is 2. The predicted molar refractivity (Wildman–Crippen MR) is 92.6 cm³/mol. The normalized spacial score (nSPS) is 18.4. The van der Waals surface area contributed by atoms with Gasteiger partial charge in [-0.1, -0.05) is 0 Å². The van der Waals surface area contributed by atoms with Crippen LogP contribution in [0.2, 0.25) is 0 Å². The van der Waals surface area contributed by atoms with Crippen molar-refractivity contribution in [2.75, 3.05) is 38.1 Å². The van der Waals surface area contributed by atoms with Gasteiger partial charge in [-0.05, 0) is 18.6 Å². The molecule has 1 saturated heterocycles. The molecule has 1 unspecified atom stereocenters. The molecule has 1 aliphatic heterocycles. The lowest BCUT2D eigenvalue weighted by molar-refractivity contribution is -0.134. The van der Waals surface area contributed by atoms with Crippen LogP contribution in [0.1, 0.15) is 12.8 Å². The van der Waals surface area contributed by atoms with Gasteiger partial charge in [0.05, 0.1) is 25.7 Å². The van der Waals surface area contributed by atoms with Gasteiger partial charge in [-0.3, -0.25) is 9.59 Å². The first-order valence-electron chi connectivity index (χ1n) is 7.73. The summed E-state index contributed by atoms with van der Waals surface area (Å²) < 4.78 is 33.3. The Morgan fingerprint density at radius 2 is 1.92 bits per heavy atom. The van der Waals surface area contributed by atoms with Crippen molar-refractivity contribution in [3.63, 3.8) is 0 Å². The summed E-state index contributed by atoms with van der Waals surface area (Å²) in [5, 5.41) is 2.62. The number of hydrogen-bond acceptors (Lipinski definition) is 6. The monoisotopic (exact) mass is 370 g/mol. The molecule has 138 valence electrons. The Bertz CT molecular complexity index is 762. The van der Waals surface area contributed by atoms with E-state index in [0.29, 0.717) is 23.6 Å². The lowest BCUT2D eigenvalue weighted by Crippen LogP contribution is -2.39. The Morgan fingerprint density at radius 1 is 1.24 bits per heavy atom. The summed E-state index contributed by atoms with van der Waals surface area (Å²) in [5.74, 6) is 0.114. The molecule has 0 bridgehead atoms. The molecule has 1 heterocycles. The number of benzene rings is 1. The van der Waals surface area contributed by atoms with E-state index in [-0.39, 0.29) is 24.0 Å². The zero-order valence-electron chi connectivity index (χ0n) is 14.4. The molecule has 0 spiro atoms. The summed E-state index contributed by atoms with van der Waals surface area (Å²) in [5.41, 5.74) is 0.474. The van der Waals surface area contributed by atoms with E-state index in [1.165, 1.54) is 26.2 Å². The third kappa shape index (κ3) is 4.85. The summed E-state index contributed by atoms with van der Waals surface area (Å²) in [7, 11) is 1.43. The van der Waals surface area contributed by atoms with Gasteiger partial charge in [0.2, 0.25) is 11.8 Å². The Balaban J connectivity index is 1.94. The molecular weight excluding hydrogens is 348 g/mol. The second kappa shape index (κ2) is 7.73. The maximum atomic E-state index is 12.2. The zero-order chi connectivity index (χ0) is 18.6. The number of rotatable bonds is 6. The lowest BCUT2D eigenvalue weighted by Gasteiger charge is -2.23. The molecule has 1 aliphatic rings. The van der Waals surface area contributed by atoms with Crippen molar-refractivity contribution >= 4 is 27.3 Å². The number of sulfone groups is 1. The van der Waals surface area contributed by atoms with Crippen molar-refractivity contribution in [3.05, 3.63) is 18.2 Å². The standard InChI is InChI=1S/C16H22N2O6S/c1-18(12-6-7-25(21,22)10-12)16(20)9-15(19)17-11-4-5-13(23-2)14(8-11)24-3/h4-5,8,12H,6-7,9-10H2,1-3H3,(H,17,19). The largest absolute Gasteiger partial charge is 0.493 e. The minimum Gasteiger partial charge on any atom is -0.493 e. The molecule has 25 heavy (non-hydrogen) atoms. The molecule has 0 radical (unpaired) electrons. The molecule has 1 fully saturated rings. The lowest BCUT2D eigenvalue weighted by atomic mass is 10.2. The molecule has 0 aliphatic carbocycles. The number of nitrogens with zero attached hydrogens (tertiary/aromatic N) is 1. The average molecular weight is 370 g/mol. The van der Waals surface area contributed by atoms with Gasteiger partial charge in [-0.15, -0.1) is 0 Å². The van der Waals surface area contributed by atoms with Crippen molar-refractivity contribution in [2.24, 2.45) is 0 Å². The highest BCUT2D eigenvalue weighted by Crippen LogP contribution is 2.29. The van der Waals surface area contributed by atoms with Crippen LogP contribution in [0.15, 0.2) is 18.2 Å². The third-order valence-corrected chi connectivity index (χ3v) is 5.88. The SMILES string of the molecule is COc1ccc(NC(=O)CC(=O)N(C)C2CCS(=O)(=O)C2)cc1OC. The van der Waals surface area contributed by atoms with E-state index in [1.54, 1.807) is 18.2 Å². The van der Waals surface area contributed by atoms with Crippen molar-refractivity contribution in [2.45, 2.75) is 18.9 Å². The second-order valence-corrected chi connectivity index (χ2v) is 8.08. The first-order valence-corrected chi connectivity index (χ1v) is 9.56. The number of carbonyl (C=O) groups excluding carboxylic acids is 2. The fraction of sp³-hybridized carbons (Fsp3) is 0.500. The van der Waals surface area contributed by atoms with E-state index in [2.05, 4.69) is 5.32 Å². The molecule has 1 N–H and O–H groups in total. The average Bonchev–Trinajstić information content (AvgIpc) is 2.93. The van der Waals surface area contributed by atoms with Crippen molar-refractivity contribution in [3.8, 4) is 11.5 Å². The van der Waals surface area contributed by atoms with Gasteiger partial charge in [0.15, 0.2) is 21.3 Å². The highest BCUT2D eigenvalue weighted by molar-refractivity contribution is 7.91. The van der Waals surface area contributed by atoms with Crippen LogP contribution < -0.4 is 14.8 Å². The van der Waals surface area contributed by atoms with Gasteiger partial charge in [0.1, 0.15) is 6.42 Å². The third-order valence-electron chi connectivity index (χ3n) is 4.13. The second-order valence-electron chi connectivity index (χ2n) is 5.86. The molecule has 9 heteroatoms. The molecule has 1 aromatic rings. The Morgan fingerprint density at radius 3 is 2.48 bits per heavy atom. The van der Waals surface area contributed by atoms with Gasteiger partial charge in [0, 0.05) is 24.8 Å². The van der Waals surface area contributed by atoms with Gasteiger partial charge in [0.25, 0.3) is 0 Å². The fourth-order valence-corrected chi connectivity index (χ4v) is 4.44. The molecular formula is C16H22N2O6S. The van der Waals surface area contributed by atoms with Crippen LogP contribution in [0.4, 0.5) is 5.69 Å². The maximum Gasteiger partial charge on any atom is 0.233 e. The van der Waals surface area contributed by atoms with E-state index in [4.69, 9.17) is 9.47 Å². The van der Waals surface area contributed by atoms with Crippen LogP contribution in [-0.2, 0) is 19.4 Å². The number of nitrogens with one attached hydrogen (secondary N) is 1. The van der Waals surface area contributed by atoms with E-state index < -0.39 is 21.7 Å². The number of hydrogen-bond donors (Lipinski definition) is 1. The minimum absolute atomic E-state index is 0.0491. The summed E-state index contributed by atoms with van der Waals surface area (Å²) in [6, 6.07) is 4.50. The number of amides is 2. The van der Waals surface area contributed by atoms with E-state index in [0.717, 1.165) is 0 Å². The van der Waals surface area contributed by atoms with E-state index >= 15 is 0 Å². The smallest absolute Gasteiger partial charge is 0.233 e. The van der Waals surface area contributed by atoms with Crippen LogP contribution in [0.3, 0.4) is 0 Å². The van der Waals surface area contributed by atoms with Gasteiger partial charge in [-0.2, -0.15) is 0 Å². The molecule has 2 amide bonds. The molecule has 1 atom stereocenters. The number of methoxy groups -OCH3 is 2. The van der Waals surface area contributed by atoms with Crippen LogP contribution in [0.25, 0.3) is 0 Å². The Labute approximate surface area is 147 Å². The fourth-order valence-electron chi connectivity index (χ4n) is 2.67. The summed E-state index contributed by atoms with van der Waals surface area (Å²) in [6.45, 7) is 0. The Hall–Kier alpha value is -2.29. The number of anilines is 1. The molecule has 8 nitrogen and oxygen atoms in total. The van der Waals surface area contributed by atoms with Gasteiger partial charge < -0.3 is 19.7 Å². The first-order chi connectivity index (χ1) is 11.8. The topological polar surface area (TPSA) is 102 Å². The zero-order valence-corrected chi connectivity index (χ0v) is 15.3. The van der Waals surface area contributed by atoms with Gasteiger partial charge in [-0.25, -0.2) is 8.42 Å². The van der Waals surface area contributed by atoms with E-state index in [1.807, 2.05) is 0 Å². The quantitative estimate of drug-likeness (QED) is 0.739. The van der Waals surface area contributed by atoms with Crippen LogP contribution in [-0.4, -0.2) is 63.9 Å².